The minimum atomic E-state index is 0. The zero-order chi connectivity index (χ0) is 17.3. The molecule has 1 aliphatic rings. The van der Waals surface area contributed by atoms with E-state index in [-0.39, 0.29) is 24.4 Å². The number of hydrogen-bond donors (Lipinski definition) is 2. The van der Waals surface area contributed by atoms with Crippen LogP contribution in [-0.4, -0.2) is 30.0 Å². The summed E-state index contributed by atoms with van der Waals surface area (Å²) in [5, 5.41) is 6.70. The summed E-state index contributed by atoms with van der Waals surface area (Å²) in [6.45, 7) is 0.999. The molecule has 1 heterocycles. The Hall–Kier alpha value is -1.49. The van der Waals surface area contributed by atoms with Gasteiger partial charge in [-0.25, -0.2) is 0 Å². The maximum Gasteiger partial charge on any atom is 0.222 e. The van der Waals surface area contributed by atoms with Crippen molar-refractivity contribution in [2.75, 3.05) is 18.1 Å². The summed E-state index contributed by atoms with van der Waals surface area (Å²) in [6, 6.07) is 21.1. The fraction of sp³-hybridized carbons (Fsp3) is 0.381. The lowest BCUT2D eigenvalue weighted by Gasteiger charge is -2.25. The molecule has 2 aromatic rings. The smallest absolute Gasteiger partial charge is 0.222 e. The van der Waals surface area contributed by atoms with E-state index in [1.165, 1.54) is 11.1 Å². The molecule has 1 aliphatic heterocycles. The van der Waals surface area contributed by atoms with Crippen molar-refractivity contribution in [3.8, 4) is 0 Å². The van der Waals surface area contributed by atoms with Crippen LogP contribution in [0.25, 0.3) is 0 Å². The highest BCUT2D eigenvalue weighted by molar-refractivity contribution is 7.99. The van der Waals surface area contributed by atoms with E-state index in [1.807, 2.05) is 36.0 Å². The molecule has 0 radical (unpaired) electrons. The first-order chi connectivity index (χ1) is 12.3. The minimum Gasteiger partial charge on any atom is -0.349 e. The number of aryl methyl sites for hydroxylation is 1. The second-order valence-electron chi connectivity index (χ2n) is 6.49. The second kappa shape index (κ2) is 11.3. The number of rotatable bonds is 7. The van der Waals surface area contributed by atoms with Crippen molar-refractivity contribution in [1.29, 1.82) is 0 Å². The maximum atomic E-state index is 12.5. The van der Waals surface area contributed by atoms with Gasteiger partial charge in [-0.15, -0.1) is 12.4 Å². The average molecular weight is 391 g/mol. The molecule has 3 nitrogen and oxygen atoms in total. The van der Waals surface area contributed by atoms with Crippen molar-refractivity contribution in [3.05, 3.63) is 71.8 Å². The van der Waals surface area contributed by atoms with Crippen LogP contribution in [0.5, 0.6) is 0 Å². The third-order valence-corrected chi connectivity index (χ3v) is 5.66. The summed E-state index contributed by atoms with van der Waals surface area (Å²) in [4.78, 5) is 12.5. The van der Waals surface area contributed by atoms with Crippen LogP contribution in [0.3, 0.4) is 0 Å². The molecule has 2 aromatic carbocycles. The molecule has 26 heavy (non-hydrogen) atoms. The number of carbonyl (C=O) groups excluding carboxylic acids is 1. The number of amides is 1. The van der Waals surface area contributed by atoms with Crippen molar-refractivity contribution in [1.82, 2.24) is 10.6 Å². The van der Waals surface area contributed by atoms with Crippen molar-refractivity contribution < 1.29 is 4.79 Å². The van der Waals surface area contributed by atoms with Crippen LogP contribution in [0.2, 0.25) is 0 Å². The number of benzene rings is 2. The standard InChI is InChI=1S/C21H26N2OS.ClH/c24-21(15-19-16-25-14-13-22-19)23-20(18-9-5-2-6-10-18)12-11-17-7-3-1-4-8-17;/h1-10,19-20,22H,11-16H2,(H,23,24);1H. The van der Waals surface area contributed by atoms with E-state index >= 15 is 0 Å². The van der Waals surface area contributed by atoms with E-state index in [0.29, 0.717) is 12.5 Å². The molecule has 1 amide bonds. The summed E-state index contributed by atoms with van der Waals surface area (Å²) >= 11 is 1.93. The Kier molecular flexibility index (Phi) is 9.02. The fourth-order valence-corrected chi connectivity index (χ4v) is 4.14. The molecular weight excluding hydrogens is 364 g/mol. The lowest BCUT2D eigenvalue weighted by Crippen LogP contribution is -2.42. The molecular formula is C21H27ClN2OS. The largest absolute Gasteiger partial charge is 0.349 e. The van der Waals surface area contributed by atoms with Crippen LogP contribution in [0, 0.1) is 0 Å². The van der Waals surface area contributed by atoms with E-state index in [2.05, 4.69) is 47.0 Å². The fourth-order valence-electron chi connectivity index (χ4n) is 3.19. The van der Waals surface area contributed by atoms with Gasteiger partial charge in [0.15, 0.2) is 0 Å². The molecule has 0 aliphatic carbocycles. The summed E-state index contributed by atoms with van der Waals surface area (Å²) in [5.74, 6) is 2.30. The molecule has 140 valence electrons. The third kappa shape index (κ3) is 6.67. The van der Waals surface area contributed by atoms with Crippen LogP contribution in [0.1, 0.15) is 30.0 Å². The number of nitrogens with one attached hydrogen (secondary N) is 2. The van der Waals surface area contributed by atoms with E-state index in [9.17, 15) is 4.79 Å². The summed E-state index contributed by atoms with van der Waals surface area (Å²) in [7, 11) is 0. The molecule has 3 rings (SSSR count). The van der Waals surface area contributed by atoms with Crippen molar-refractivity contribution >= 4 is 30.1 Å². The number of halogens is 1. The monoisotopic (exact) mass is 390 g/mol. The minimum absolute atomic E-state index is 0. The van der Waals surface area contributed by atoms with Crippen molar-refractivity contribution in [2.24, 2.45) is 0 Å². The van der Waals surface area contributed by atoms with Crippen molar-refractivity contribution in [3.63, 3.8) is 0 Å². The molecule has 1 fully saturated rings. The molecule has 2 atom stereocenters. The van der Waals surface area contributed by atoms with Gasteiger partial charge in [-0.2, -0.15) is 11.8 Å². The van der Waals surface area contributed by atoms with Gasteiger partial charge in [0, 0.05) is 30.5 Å². The highest BCUT2D eigenvalue weighted by Crippen LogP contribution is 2.20. The zero-order valence-corrected chi connectivity index (χ0v) is 16.5. The molecule has 0 bridgehead atoms. The quantitative estimate of drug-likeness (QED) is 0.750. The molecule has 0 spiro atoms. The first-order valence-corrected chi connectivity index (χ1v) is 10.2. The van der Waals surface area contributed by atoms with Gasteiger partial charge in [0.2, 0.25) is 5.91 Å². The predicted molar refractivity (Wildman–Crippen MR) is 113 cm³/mol. The first kappa shape index (κ1) is 20.8. The van der Waals surface area contributed by atoms with Crippen LogP contribution in [0.15, 0.2) is 60.7 Å². The van der Waals surface area contributed by atoms with Gasteiger partial charge in [0.25, 0.3) is 0 Å². The zero-order valence-electron chi connectivity index (χ0n) is 14.9. The summed E-state index contributed by atoms with van der Waals surface area (Å²) in [5.41, 5.74) is 2.49. The van der Waals surface area contributed by atoms with Gasteiger partial charge in [-0.3, -0.25) is 4.79 Å². The predicted octanol–water partition coefficient (Wildman–Crippen LogP) is 3.99. The van der Waals surface area contributed by atoms with Crippen LogP contribution in [-0.2, 0) is 11.2 Å². The Labute approximate surface area is 166 Å². The van der Waals surface area contributed by atoms with E-state index < -0.39 is 0 Å². The number of thioether (sulfide) groups is 1. The Bertz CT molecular complexity index is 648. The van der Waals surface area contributed by atoms with E-state index in [0.717, 1.165) is 30.9 Å². The second-order valence-corrected chi connectivity index (χ2v) is 7.63. The van der Waals surface area contributed by atoms with Crippen LogP contribution in [0.4, 0.5) is 0 Å². The van der Waals surface area contributed by atoms with Crippen molar-refractivity contribution in [2.45, 2.75) is 31.3 Å². The average Bonchev–Trinajstić information content (AvgIpc) is 2.67. The van der Waals surface area contributed by atoms with E-state index in [4.69, 9.17) is 0 Å². The highest BCUT2D eigenvalue weighted by atomic mass is 35.5. The van der Waals surface area contributed by atoms with Gasteiger partial charge < -0.3 is 10.6 Å². The summed E-state index contributed by atoms with van der Waals surface area (Å²) in [6.07, 6.45) is 2.42. The number of carbonyl (C=O) groups is 1. The maximum absolute atomic E-state index is 12.5. The molecule has 2 unspecified atom stereocenters. The Balaban J connectivity index is 0.00000243. The molecule has 0 saturated carbocycles. The Morgan fingerprint density at radius 2 is 1.81 bits per heavy atom. The first-order valence-electron chi connectivity index (χ1n) is 9.00. The lowest BCUT2D eigenvalue weighted by molar-refractivity contribution is -0.122. The van der Waals surface area contributed by atoms with Gasteiger partial charge >= 0.3 is 0 Å². The molecule has 1 saturated heterocycles. The molecule has 0 aromatic heterocycles. The van der Waals surface area contributed by atoms with Gasteiger partial charge in [-0.05, 0) is 24.0 Å². The number of hydrogen-bond acceptors (Lipinski definition) is 3. The normalized spacial score (nSPS) is 17.8. The highest BCUT2D eigenvalue weighted by Gasteiger charge is 2.20. The Morgan fingerprint density at radius 1 is 1.12 bits per heavy atom. The SMILES string of the molecule is Cl.O=C(CC1CSCCN1)NC(CCc1ccccc1)c1ccccc1. The van der Waals surface area contributed by atoms with Gasteiger partial charge in [0.05, 0.1) is 6.04 Å². The van der Waals surface area contributed by atoms with Crippen LogP contribution < -0.4 is 10.6 Å². The molecule has 2 N–H and O–H groups in total. The van der Waals surface area contributed by atoms with Crippen LogP contribution >= 0.6 is 24.2 Å². The third-order valence-electron chi connectivity index (χ3n) is 4.53. The topological polar surface area (TPSA) is 41.1 Å². The summed E-state index contributed by atoms with van der Waals surface area (Å²) < 4.78 is 0. The van der Waals surface area contributed by atoms with Gasteiger partial charge in [-0.1, -0.05) is 60.7 Å². The molecule has 5 heteroatoms. The lowest BCUT2D eigenvalue weighted by atomic mass is 9.98. The van der Waals surface area contributed by atoms with Gasteiger partial charge in [0.1, 0.15) is 0 Å². The Morgan fingerprint density at radius 3 is 2.46 bits per heavy atom. The van der Waals surface area contributed by atoms with E-state index in [1.54, 1.807) is 0 Å².